The van der Waals surface area contributed by atoms with Crippen LogP contribution in [0.25, 0.3) is 10.8 Å². The predicted octanol–water partition coefficient (Wildman–Crippen LogP) is 6.12. The predicted molar refractivity (Wildman–Crippen MR) is 91.7 cm³/mol. The molecule has 4 rings (SSSR count). The first-order valence-electron chi connectivity index (χ1n) is 7.98. The van der Waals surface area contributed by atoms with Crippen molar-refractivity contribution in [3.05, 3.63) is 89.2 Å². The van der Waals surface area contributed by atoms with Gasteiger partial charge in [-0.25, -0.2) is 0 Å². The van der Waals surface area contributed by atoms with Crippen molar-refractivity contribution in [2.24, 2.45) is 0 Å². The van der Waals surface area contributed by atoms with Crippen LogP contribution >= 0.6 is 0 Å². The van der Waals surface area contributed by atoms with E-state index in [4.69, 9.17) is 4.74 Å². The van der Waals surface area contributed by atoms with Crippen molar-refractivity contribution >= 4 is 10.8 Å². The van der Waals surface area contributed by atoms with Crippen LogP contribution in [0.15, 0.2) is 72.5 Å². The molecule has 3 aromatic rings. The fourth-order valence-electron chi connectivity index (χ4n) is 3.26. The Morgan fingerprint density at radius 3 is 2.32 bits per heavy atom. The Bertz CT molecular complexity index is 969. The van der Waals surface area contributed by atoms with Crippen LogP contribution in [0, 0.1) is 6.92 Å². The Labute approximate surface area is 143 Å². The molecule has 0 N–H and O–H groups in total. The van der Waals surface area contributed by atoms with Gasteiger partial charge in [-0.1, -0.05) is 60.2 Å². The van der Waals surface area contributed by atoms with Gasteiger partial charge in [-0.2, -0.15) is 13.2 Å². The van der Waals surface area contributed by atoms with Crippen molar-refractivity contribution in [3.8, 4) is 5.75 Å². The third kappa shape index (κ3) is 2.78. The van der Waals surface area contributed by atoms with Gasteiger partial charge in [0.05, 0.1) is 0 Å². The number of rotatable bonds is 1. The average molecular weight is 340 g/mol. The number of ether oxygens (including phenoxy) is 1. The van der Waals surface area contributed by atoms with E-state index in [1.807, 2.05) is 55.5 Å². The van der Waals surface area contributed by atoms with Crippen LogP contribution in [0.2, 0.25) is 0 Å². The summed E-state index contributed by atoms with van der Waals surface area (Å²) in [5.74, 6) is -1.20. The fraction of sp³-hybridized carbons (Fsp3) is 0.143. The molecular formula is C21H15F3O. The van der Waals surface area contributed by atoms with Gasteiger partial charge in [0.25, 0.3) is 0 Å². The SMILES string of the molecule is Cc1ccc(C2C=C(C(F)(F)F)Oc3ccc4ccccc4c32)cc1. The molecule has 0 saturated carbocycles. The average Bonchev–Trinajstić information content (AvgIpc) is 2.60. The summed E-state index contributed by atoms with van der Waals surface area (Å²) < 4.78 is 45.1. The molecule has 1 atom stereocenters. The summed E-state index contributed by atoms with van der Waals surface area (Å²) in [5, 5.41) is 1.88. The summed E-state index contributed by atoms with van der Waals surface area (Å²) in [6.07, 6.45) is -3.34. The highest BCUT2D eigenvalue weighted by Crippen LogP contribution is 2.45. The highest BCUT2D eigenvalue weighted by atomic mass is 19.4. The van der Waals surface area contributed by atoms with Crippen LogP contribution in [0.4, 0.5) is 13.2 Å². The molecular weight excluding hydrogens is 325 g/mol. The Hall–Kier alpha value is -2.75. The zero-order valence-corrected chi connectivity index (χ0v) is 13.5. The molecule has 126 valence electrons. The van der Waals surface area contributed by atoms with Crippen LogP contribution in [-0.4, -0.2) is 6.18 Å². The van der Waals surface area contributed by atoms with Crippen molar-refractivity contribution in [1.82, 2.24) is 0 Å². The lowest BCUT2D eigenvalue weighted by molar-refractivity contribution is -0.117. The van der Waals surface area contributed by atoms with Crippen LogP contribution in [0.3, 0.4) is 0 Å². The second kappa shape index (κ2) is 5.66. The minimum Gasteiger partial charge on any atom is -0.452 e. The maximum Gasteiger partial charge on any atom is 0.449 e. The molecule has 1 nitrogen and oxygen atoms in total. The van der Waals surface area contributed by atoms with Gasteiger partial charge < -0.3 is 4.74 Å². The standard InChI is InChI=1S/C21H15F3O/c1-13-6-8-15(9-7-13)17-12-19(21(22,23)24)25-18-11-10-14-4-2-3-5-16(14)20(17)18/h2-12,17H,1H3. The number of hydrogen-bond acceptors (Lipinski definition) is 1. The lowest BCUT2D eigenvalue weighted by Crippen LogP contribution is -2.22. The van der Waals surface area contributed by atoms with E-state index in [9.17, 15) is 13.2 Å². The molecule has 0 aromatic heterocycles. The first-order chi connectivity index (χ1) is 11.9. The lowest BCUT2D eigenvalue weighted by atomic mass is 9.85. The number of allylic oxidation sites excluding steroid dienone is 2. The van der Waals surface area contributed by atoms with Gasteiger partial charge >= 0.3 is 6.18 Å². The van der Waals surface area contributed by atoms with E-state index in [1.54, 1.807) is 12.1 Å². The minimum absolute atomic E-state index is 0.263. The normalized spacial score (nSPS) is 17.0. The van der Waals surface area contributed by atoms with Crippen LogP contribution in [0.1, 0.15) is 22.6 Å². The van der Waals surface area contributed by atoms with E-state index in [-0.39, 0.29) is 5.75 Å². The molecule has 0 bridgehead atoms. The zero-order valence-electron chi connectivity index (χ0n) is 13.5. The topological polar surface area (TPSA) is 9.23 Å². The van der Waals surface area contributed by atoms with Crippen molar-refractivity contribution in [3.63, 3.8) is 0 Å². The van der Waals surface area contributed by atoms with Gasteiger partial charge in [-0.05, 0) is 35.4 Å². The maximum atomic E-state index is 13.3. The second-order valence-electron chi connectivity index (χ2n) is 6.22. The number of hydrogen-bond donors (Lipinski definition) is 0. The summed E-state index contributed by atoms with van der Waals surface area (Å²) in [6, 6.07) is 18.7. The number of benzene rings is 3. The third-order valence-corrected chi connectivity index (χ3v) is 4.50. The summed E-state index contributed by atoms with van der Waals surface area (Å²) in [6.45, 7) is 1.95. The molecule has 0 saturated heterocycles. The van der Waals surface area contributed by atoms with E-state index in [2.05, 4.69) is 0 Å². The van der Waals surface area contributed by atoms with Crippen molar-refractivity contribution in [2.75, 3.05) is 0 Å². The summed E-state index contributed by atoms with van der Waals surface area (Å²) in [4.78, 5) is 0. The van der Waals surface area contributed by atoms with Crippen molar-refractivity contribution < 1.29 is 17.9 Å². The molecule has 0 amide bonds. The summed E-state index contributed by atoms with van der Waals surface area (Å²) in [5.41, 5.74) is 2.65. The van der Waals surface area contributed by atoms with Crippen LogP contribution < -0.4 is 4.74 Å². The van der Waals surface area contributed by atoms with E-state index in [0.717, 1.165) is 27.5 Å². The monoisotopic (exact) mass is 340 g/mol. The van der Waals surface area contributed by atoms with E-state index >= 15 is 0 Å². The van der Waals surface area contributed by atoms with Crippen molar-refractivity contribution in [1.29, 1.82) is 0 Å². The molecule has 3 aromatic carbocycles. The maximum absolute atomic E-state index is 13.3. The number of alkyl halides is 3. The number of fused-ring (bicyclic) bond motifs is 3. The first kappa shape index (κ1) is 15.8. The minimum atomic E-state index is -4.52. The fourth-order valence-corrected chi connectivity index (χ4v) is 3.26. The van der Waals surface area contributed by atoms with E-state index < -0.39 is 17.9 Å². The third-order valence-electron chi connectivity index (χ3n) is 4.50. The quantitative estimate of drug-likeness (QED) is 0.519. The number of halogens is 3. The van der Waals surface area contributed by atoms with E-state index in [1.165, 1.54) is 6.08 Å². The molecule has 0 radical (unpaired) electrons. The molecule has 1 heterocycles. The molecule has 0 fully saturated rings. The van der Waals surface area contributed by atoms with Gasteiger partial charge in [0.1, 0.15) is 5.75 Å². The molecule has 0 spiro atoms. The molecule has 1 aliphatic rings. The Kier molecular flexibility index (Phi) is 3.57. The van der Waals surface area contributed by atoms with Gasteiger partial charge in [0.2, 0.25) is 5.76 Å². The molecule has 1 unspecified atom stereocenters. The highest BCUT2D eigenvalue weighted by molar-refractivity contribution is 5.89. The van der Waals surface area contributed by atoms with Gasteiger partial charge in [0, 0.05) is 11.5 Å². The zero-order chi connectivity index (χ0) is 17.6. The smallest absolute Gasteiger partial charge is 0.449 e. The van der Waals surface area contributed by atoms with Crippen molar-refractivity contribution in [2.45, 2.75) is 19.0 Å². The Morgan fingerprint density at radius 1 is 0.880 bits per heavy atom. The summed E-state index contributed by atoms with van der Waals surface area (Å²) in [7, 11) is 0. The second-order valence-corrected chi connectivity index (χ2v) is 6.22. The lowest BCUT2D eigenvalue weighted by Gasteiger charge is -2.27. The van der Waals surface area contributed by atoms with Gasteiger partial charge in [0.15, 0.2) is 0 Å². The highest BCUT2D eigenvalue weighted by Gasteiger charge is 2.40. The van der Waals surface area contributed by atoms with Gasteiger partial charge in [-0.3, -0.25) is 0 Å². The largest absolute Gasteiger partial charge is 0.452 e. The molecule has 25 heavy (non-hydrogen) atoms. The molecule has 0 aliphatic carbocycles. The number of aryl methyl sites for hydroxylation is 1. The summed E-state index contributed by atoms with van der Waals surface area (Å²) >= 11 is 0. The van der Waals surface area contributed by atoms with E-state index in [0.29, 0.717) is 0 Å². The molecule has 4 heteroatoms. The van der Waals surface area contributed by atoms with Gasteiger partial charge in [-0.15, -0.1) is 0 Å². The molecule has 1 aliphatic heterocycles. The Balaban J connectivity index is 1.98. The van der Waals surface area contributed by atoms with Crippen LogP contribution in [-0.2, 0) is 0 Å². The first-order valence-corrected chi connectivity index (χ1v) is 7.98. The van der Waals surface area contributed by atoms with Crippen LogP contribution in [0.5, 0.6) is 5.75 Å². The Morgan fingerprint density at radius 2 is 1.60 bits per heavy atom.